The van der Waals surface area contributed by atoms with Crippen molar-refractivity contribution in [2.24, 2.45) is 12.0 Å². The topological polar surface area (TPSA) is 75.0 Å². The largest absolute Gasteiger partial charge is 0.435 e. The predicted molar refractivity (Wildman–Crippen MR) is 116 cm³/mol. The van der Waals surface area contributed by atoms with Crippen molar-refractivity contribution in [3.8, 4) is 0 Å². The molecule has 1 unspecified atom stereocenters. The molecule has 2 aliphatic rings. The number of halogens is 4. The normalized spacial score (nSPS) is 20.3. The maximum Gasteiger partial charge on any atom is 0.435 e. The van der Waals surface area contributed by atoms with E-state index in [2.05, 4.69) is 15.4 Å². The maximum atomic E-state index is 13.1. The number of nitrogens with zero attached hydrogens (tertiary/aromatic N) is 5. The Morgan fingerprint density at radius 2 is 1.97 bits per heavy atom. The predicted octanol–water partition coefficient (Wildman–Crippen LogP) is 1.85. The number of nitrogens with one attached hydrogen (secondary N) is 1. The number of ether oxygens (including phenoxy) is 1. The monoisotopic (exact) mass is 544 g/mol. The molecule has 0 bridgehead atoms. The first-order valence-corrected chi connectivity index (χ1v) is 9.83. The number of guanidine groups is 1. The quantitative estimate of drug-likeness (QED) is 0.356. The van der Waals surface area contributed by atoms with Crippen LogP contribution in [0.4, 0.5) is 13.2 Å². The van der Waals surface area contributed by atoms with Crippen molar-refractivity contribution in [1.29, 1.82) is 0 Å². The molecule has 2 fully saturated rings. The molecule has 2 saturated heterocycles. The van der Waals surface area contributed by atoms with E-state index in [9.17, 15) is 18.0 Å². The van der Waals surface area contributed by atoms with Crippen LogP contribution in [0.1, 0.15) is 31.0 Å². The summed E-state index contributed by atoms with van der Waals surface area (Å²) >= 11 is 0. The molecular formula is C18H28F3IN6O2. The highest BCUT2D eigenvalue weighted by Crippen LogP contribution is 2.30. The number of alkyl halides is 3. The van der Waals surface area contributed by atoms with Crippen LogP contribution in [0, 0.1) is 0 Å². The van der Waals surface area contributed by atoms with Crippen LogP contribution in [-0.4, -0.2) is 76.9 Å². The minimum absolute atomic E-state index is 0. The second-order valence-electron chi connectivity index (χ2n) is 7.16. The van der Waals surface area contributed by atoms with Gasteiger partial charge in [0.25, 0.3) is 5.91 Å². The number of aromatic nitrogens is 2. The Kier molecular flexibility index (Phi) is 8.76. The summed E-state index contributed by atoms with van der Waals surface area (Å²) in [7, 11) is 1.46. The third kappa shape index (κ3) is 5.99. The highest BCUT2D eigenvalue weighted by Gasteiger charge is 2.37. The van der Waals surface area contributed by atoms with Crippen LogP contribution in [0.5, 0.6) is 0 Å². The number of hydrogen-bond acceptors (Lipinski definition) is 4. The maximum absolute atomic E-state index is 13.1. The molecular weight excluding hydrogens is 516 g/mol. The molecule has 0 saturated carbocycles. The molecule has 30 heavy (non-hydrogen) atoms. The molecule has 0 spiro atoms. The minimum Gasteiger partial charge on any atom is -0.368 e. The fourth-order valence-corrected chi connectivity index (χ4v) is 3.59. The average molecular weight is 544 g/mol. The summed E-state index contributed by atoms with van der Waals surface area (Å²) in [4.78, 5) is 20.6. The van der Waals surface area contributed by atoms with Crippen molar-refractivity contribution in [3.63, 3.8) is 0 Å². The third-order valence-electron chi connectivity index (χ3n) is 5.00. The Hall–Kier alpha value is -1.57. The fourth-order valence-electron chi connectivity index (χ4n) is 3.59. The molecule has 3 heterocycles. The van der Waals surface area contributed by atoms with Crippen molar-refractivity contribution in [3.05, 3.63) is 17.5 Å². The lowest BCUT2D eigenvalue weighted by Crippen LogP contribution is -2.55. The third-order valence-corrected chi connectivity index (χ3v) is 5.00. The second kappa shape index (κ2) is 10.6. The van der Waals surface area contributed by atoms with E-state index in [0.717, 1.165) is 17.5 Å². The van der Waals surface area contributed by atoms with E-state index in [-0.39, 0.29) is 48.1 Å². The van der Waals surface area contributed by atoms with Crippen LogP contribution in [0.15, 0.2) is 11.2 Å². The van der Waals surface area contributed by atoms with Gasteiger partial charge in [0.15, 0.2) is 11.7 Å². The fraction of sp³-hybridized carbons (Fsp3) is 0.722. The van der Waals surface area contributed by atoms with E-state index in [1.165, 1.54) is 13.2 Å². The van der Waals surface area contributed by atoms with Gasteiger partial charge in [0.1, 0.15) is 6.10 Å². The van der Waals surface area contributed by atoms with Crippen LogP contribution >= 0.6 is 24.0 Å². The van der Waals surface area contributed by atoms with Crippen molar-refractivity contribution in [1.82, 2.24) is 24.9 Å². The number of amides is 1. The molecule has 8 nitrogen and oxygen atoms in total. The van der Waals surface area contributed by atoms with E-state index in [4.69, 9.17) is 4.74 Å². The van der Waals surface area contributed by atoms with Gasteiger partial charge in [-0.2, -0.15) is 18.3 Å². The first-order chi connectivity index (χ1) is 13.8. The zero-order valence-corrected chi connectivity index (χ0v) is 19.4. The second-order valence-corrected chi connectivity index (χ2v) is 7.16. The smallest absolute Gasteiger partial charge is 0.368 e. The van der Waals surface area contributed by atoms with Gasteiger partial charge in [0, 0.05) is 58.1 Å². The summed E-state index contributed by atoms with van der Waals surface area (Å²) in [5.74, 6) is 0.558. The zero-order valence-electron chi connectivity index (χ0n) is 17.1. The number of rotatable bonds is 4. The van der Waals surface area contributed by atoms with Gasteiger partial charge in [-0.25, -0.2) is 4.99 Å². The number of piperazine rings is 1. The lowest BCUT2D eigenvalue weighted by molar-refractivity contribution is -0.142. The van der Waals surface area contributed by atoms with Crippen LogP contribution in [0.3, 0.4) is 0 Å². The van der Waals surface area contributed by atoms with Gasteiger partial charge in [0.05, 0.1) is 6.54 Å². The number of aliphatic imine (C=N–C) groups is 1. The van der Waals surface area contributed by atoms with E-state index in [0.29, 0.717) is 45.3 Å². The Morgan fingerprint density at radius 1 is 1.30 bits per heavy atom. The van der Waals surface area contributed by atoms with Gasteiger partial charge in [-0.15, -0.1) is 24.0 Å². The average Bonchev–Trinajstić information content (AvgIpc) is 3.34. The summed E-state index contributed by atoms with van der Waals surface area (Å²) in [6.07, 6.45) is -1.85. The highest BCUT2D eigenvalue weighted by atomic mass is 127. The Bertz CT molecular complexity index is 741. The van der Waals surface area contributed by atoms with Gasteiger partial charge in [-0.3, -0.25) is 9.48 Å². The van der Waals surface area contributed by atoms with E-state index in [1.807, 2.05) is 11.8 Å². The van der Waals surface area contributed by atoms with Gasteiger partial charge >= 0.3 is 6.18 Å². The van der Waals surface area contributed by atoms with E-state index in [1.54, 1.807) is 4.90 Å². The minimum atomic E-state index is -4.52. The van der Waals surface area contributed by atoms with Gasteiger partial charge in [-0.05, 0) is 19.8 Å². The first kappa shape index (κ1) is 24.7. The molecule has 1 N–H and O–H groups in total. The van der Waals surface area contributed by atoms with Crippen molar-refractivity contribution in [2.45, 2.75) is 38.6 Å². The van der Waals surface area contributed by atoms with Crippen LogP contribution in [0.25, 0.3) is 0 Å². The Morgan fingerprint density at radius 3 is 2.53 bits per heavy atom. The number of carbonyl (C=O) groups excluding carboxylic acids is 1. The molecule has 3 rings (SSSR count). The lowest BCUT2D eigenvalue weighted by atomic mass is 10.2. The first-order valence-electron chi connectivity index (χ1n) is 9.83. The van der Waals surface area contributed by atoms with E-state index < -0.39 is 11.9 Å². The summed E-state index contributed by atoms with van der Waals surface area (Å²) in [5.41, 5.74) is -0.880. The van der Waals surface area contributed by atoms with Crippen molar-refractivity contribution < 1.29 is 22.7 Å². The molecule has 0 aliphatic carbocycles. The molecule has 0 radical (unpaired) electrons. The van der Waals surface area contributed by atoms with Crippen molar-refractivity contribution in [2.75, 3.05) is 39.3 Å². The van der Waals surface area contributed by atoms with Gasteiger partial charge in [-0.1, -0.05) is 0 Å². The number of hydrogen-bond donors (Lipinski definition) is 1. The molecule has 1 atom stereocenters. The van der Waals surface area contributed by atoms with Crippen LogP contribution < -0.4 is 5.32 Å². The van der Waals surface area contributed by atoms with Gasteiger partial charge < -0.3 is 19.9 Å². The van der Waals surface area contributed by atoms with E-state index >= 15 is 0 Å². The molecule has 170 valence electrons. The standard InChI is InChI=1S/C18H27F3N6O2.HI/c1-3-22-17(23-11-13-12-25(2)24-15(13)18(19,20)21)27-8-6-26(7-9-27)16(28)14-5-4-10-29-14;/h12,14H,3-11H2,1-2H3,(H,22,23);1H. The Balaban J connectivity index is 0.00000320. The van der Waals surface area contributed by atoms with Crippen LogP contribution in [0.2, 0.25) is 0 Å². The van der Waals surface area contributed by atoms with Gasteiger partial charge in [0.2, 0.25) is 0 Å². The highest BCUT2D eigenvalue weighted by molar-refractivity contribution is 14.0. The molecule has 2 aliphatic heterocycles. The summed E-state index contributed by atoms with van der Waals surface area (Å²) in [6.45, 7) is 5.17. The van der Waals surface area contributed by atoms with Crippen LogP contribution in [-0.2, 0) is 29.3 Å². The summed E-state index contributed by atoms with van der Waals surface area (Å²) in [5, 5.41) is 6.64. The SMILES string of the molecule is CCNC(=NCc1cn(C)nc1C(F)(F)F)N1CCN(C(=O)C2CCCO2)CC1.I. The number of aryl methyl sites for hydroxylation is 1. The molecule has 1 aromatic rings. The molecule has 0 aromatic carbocycles. The van der Waals surface area contributed by atoms with Crippen molar-refractivity contribution >= 4 is 35.8 Å². The molecule has 1 amide bonds. The summed E-state index contributed by atoms with van der Waals surface area (Å²) < 4.78 is 46.0. The zero-order chi connectivity index (χ0) is 21.0. The lowest BCUT2D eigenvalue weighted by Gasteiger charge is -2.37. The molecule has 12 heteroatoms. The number of carbonyl (C=O) groups is 1. The molecule has 1 aromatic heterocycles. The Labute approximate surface area is 190 Å². The summed E-state index contributed by atoms with van der Waals surface area (Å²) in [6, 6.07) is 0.